The molecule has 0 saturated carbocycles. The predicted molar refractivity (Wildman–Crippen MR) is 110 cm³/mol. The quantitative estimate of drug-likeness (QED) is 0.701. The van der Waals surface area contributed by atoms with E-state index in [1.54, 1.807) is 0 Å². The van der Waals surface area contributed by atoms with Crippen LogP contribution in [0.15, 0.2) is 78.9 Å². The largest absolute Gasteiger partial charge is 0.491 e. The van der Waals surface area contributed by atoms with Crippen molar-refractivity contribution in [3.8, 4) is 16.9 Å². The van der Waals surface area contributed by atoms with Gasteiger partial charge in [-0.25, -0.2) is 0 Å². The Hall–Kier alpha value is -2.78. The van der Waals surface area contributed by atoms with Crippen molar-refractivity contribution in [2.45, 2.75) is 25.5 Å². The van der Waals surface area contributed by atoms with Gasteiger partial charge >= 0.3 is 0 Å². The Balaban J connectivity index is 1.34. The Bertz CT molecular complexity index is 876. The highest BCUT2D eigenvalue weighted by Crippen LogP contribution is 2.31. The van der Waals surface area contributed by atoms with Gasteiger partial charge in [-0.2, -0.15) is 0 Å². The molecule has 1 N–H and O–H groups in total. The highest BCUT2D eigenvalue weighted by Gasteiger charge is 2.27. The third-order valence-electron chi connectivity index (χ3n) is 5.16. The molecular weight excluding hydrogens is 334 g/mol. The summed E-state index contributed by atoms with van der Waals surface area (Å²) in [5, 5.41) is 10.5. The van der Waals surface area contributed by atoms with Gasteiger partial charge < -0.3 is 14.7 Å². The molecule has 0 spiro atoms. The number of benzene rings is 3. The van der Waals surface area contributed by atoms with Gasteiger partial charge in [0.05, 0.1) is 0 Å². The molecule has 3 heteroatoms. The monoisotopic (exact) mass is 359 g/mol. The van der Waals surface area contributed by atoms with Gasteiger partial charge in [-0.1, -0.05) is 60.7 Å². The van der Waals surface area contributed by atoms with E-state index in [9.17, 15) is 5.11 Å². The number of β-amino-alcohol motifs (C(OH)–C–C–N with tert-alkyl or cyclic N) is 1. The smallest absolute Gasteiger partial charge is 0.119 e. The first-order valence-corrected chi connectivity index (χ1v) is 9.51. The highest BCUT2D eigenvalue weighted by atomic mass is 16.5. The standard InChI is InChI=1S/C24H25NO2/c1-18-15-21-9-5-6-10-24(21)25(18)16-22(26)17-27-23-13-11-20(12-14-23)19-7-3-2-4-8-19/h2-14,18,22,26H,15-17H2,1H3/t18-,22+/m1/s1. The number of fused-ring (bicyclic) bond motifs is 1. The minimum atomic E-state index is -0.535. The Morgan fingerprint density at radius 3 is 2.37 bits per heavy atom. The SMILES string of the molecule is C[C@@H]1Cc2ccccc2N1C[C@H](O)COc1ccc(-c2ccccc2)cc1. The van der Waals surface area contributed by atoms with E-state index in [4.69, 9.17) is 4.74 Å². The molecule has 0 amide bonds. The summed E-state index contributed by atoms with van der Waals surface area (Å²) in [5.41, 5.74) is 4.93. The molecule has 0 bridgehead atoms. The average molecular weight is 359 g/mol. The van der Waals surface area contributed by atoms with Gasteiger partial charge in [0, 0.05) is 18.3 Å². The maximum absolute atomic E-state index is 10.5. The molecule has 0 aliphatic carbocycles. The molecule has 0 aromatic heterocycles. The Morgan fingerprint density at radius 2 is 1.59 bits per heavy atom. The summed E-state index contributed by atoms with van der Waals surface area (Å²) in [4.78, 5) is 2.28. The van der Waals surface area contributed by atoms with E-state index in [0.29, 0.717) is 12.6 Å². The number of ether oxygens (including phenoxy) is 1. The number of nitrogens with zero attached hydrogens (tertiary/aromatic N) is 1. The number of hydrogen-bond acceptors (Lipinski definition) is 3. The van der Waals surface area contributed by atoms with Gasteiger partial charge in [-0.3, -0.25) is 0 Å². The van der Waals surface area contributed by atoms with Crippen molar-refractivity contribution in [2.24, 2.45) is 0 Å². The molecule has 1 aliphatic rings. The van der Waals surface area contributed by atoms with E-state index in [1.807, 2.05) is 30.3 Å². The molecule has 27 heavy (non-hydrogen) atoms. The number of hydrogen-bond donors (Lipinski definition) is 1. The second-order valence-corrected chi connectivity index (χ2v) is 7.19. The third kappa shape index (κ3) is 3.99. The van der Waals surface area contributed by atoms with Crippen LogP contribution in [0.5, 0.6) is 5.75 Å². The second-order valence-electron chi connectivity index (χ2n) is 7.19. The number of aliphatic hydroxyl groups excluding tert-OH is 1. The van der Waals surface area contributed by atoms with Gasteiger partial charge in [0.25, 0.3) is 0 Å². The van der Waals surface area contributed by atoms with E-state index in [0.717, 1.165) is 17.7 Å². The maximum Gasteiger partial charge on any atom is 0.119 e. The molecule has 0 fully saturated rings. The summed E-state index contributed by atoms with van der Waals surface area (Å²) in [7, 11) is 0. The molecule has 0 unspecified atom stereocenters. The number of anilines is 1. The van der Waals surface area contributed by atoms with Crippen LogP contribution in [0.2, 0.25) is 0 Å². The van der Waals surface area contributed by atoms with E-state index < -0.39 is 6.10 Å². The molecule has 3 nitrogen and oxygen atoms in total. The van der Waals surface area contributed by atoms with Crippen LogP contribution < -0.4 is 9.64 Å². The first-order chi connectivity index (χ1) is 13.2. The van der Waals surface area contributed by atoms with E-state index in [1.165, 1.54) is 16.8 Å². The van der Waals surface area contributed by atoms with Gasteiger partial charge in [0.1, 0.15) is 18.5 Å². The van der Waals surface area contributed by atoms with Crippen LogP contribution >= 0.6 is 0 Å². The molecule has 0 saturated heterocycles. The van der Waals surface area contributed by atoms with Crippen LogP contribution in [0.1, 0.15) is 12.5 Å². The van der Waals surface area contributed by atoms with Crippen molar-refractivity contribution >= 4 is 5.69 Å². The fourth-order valence-corrected chi connectivity index (χ4v) is 3.75. The molecular formula is C24H25NO2. The van der Waals surface area contributed by atoms with E-state index in [2.05, 4.69) is 60.4 Å². The summed E-state index contributed by atoms with van der Waals surface area (Å²) < 4.78 is 5.82. The minimum absolute atomic E-state index is 0.288. The van der Waals surface area contributed by atoms with Crippen LogP contribution in [0, 0.1) is 0 Å². The van der Waals surface area contributed by atoms with Gasteiger partial charge in [-0.05, 0) is 48.2 Å². The van der Waals surface area contributed by atoms with Crippen LogP contribution in [0.25, 0.3) is 11.1 Å². The van der Waals surface area contributed by atoms with Crippen LogP contribution in [0.4, 0.5) is 5.69 Å². The maximum atomic E-state index is 10.5. The zero-order valence-electron chi connectivity index (χ0n) is 15.6. The first-order valence-electron chi connectivity index (χ1n) is 9.51. The zero-order valence-corrected chi connectivity index (χ0v) is 15.6. The molecule has 3 aromatic carbocycles. The predicted octanol–water partition coefficient (Wildman–Crippen LogP) is 4.54. The second kappa shape index (κ2) is 7.85. The molecule has 1 heterocycles. The number of para-hydroxylation sites is 1. The van der Waals surface area contributed by atoms with Crippen molar-refractivity contribution in [1.29, 1.82) is 0 Å². The number of rotatable bonds is 6. The fraction of sp³-hybridized carbons (Fsp3) is 0.250. The Morgan fingerprint density at radius 1 is 0.926 bits per heavy atom. The van der Waals surface area contributed by atoms with Gasteiger partial charge in [-0.15, -0.1) is 0 Å². The zero-order chi connectivity index (χ0) is 18.6. The average Bonchev–Trinajstić information content (AvgIpc) is 3.03. The first kappa shape index (κ1) is 17.6. The minimum Gasteiger partial charge on any atom is -0.491 e. The molecule has 138 valence electrons. The normalized spacial score (nSPS) is 16.8. The Kier molecular flexibility index (Phi) is 5.12. The molecule has 2 atom stereocenters. The van der Waals surface area contributed by atoms with Crippen LogP contribution in [-0.2, 0) is 6.42 Å². The summed E-state index contributed by atoms with van der Waals surface area (Å²) >= 11 is 0. The lowest BCUT2D eigenvalue weighted by molar-refractivity contribution is 0.111. The highest BCUT2D eigenvalue weighted by molar-refractivity contribution is 5.64. The summed E-state index contributed by atoms with van der Waals surface area (Å²) in [6.45, 7) is 3.08. The van der Waals surface area contributed by atoms with Gasteiger partial charge in [0.15, 0.2) is 0 Å². The third-order valence-corrected chi connectivity index (χ3v) is 5.16. The van der Waals surface area contributed by atoms with Crippen molar-refractivity contribution in [3.05, 3.63) is 84.4 Å². The Labute approximate surface area is 160 Å². The van der Waals surface area contributed by atoms with E-state index in [-0.39, 0.29) is 6.61 Å². The van der Waals surface area contributed by atoms with Crippen molar-refractivity contribution in [3.63, 3.8) is 0 Å². The lowest BCUT2D eigenvalue weighted by atomic mass is 10.1. The molecule has 0 radical (unpaired) electrons. The van der Waals surface area contributed by atoms with Crippen molar-refractivity contribution < 1.29 is 9.84 Å². The molecule has 3 aromatic rings. The topological polar surface area (TPSA) is 32.7 Å². The molecule has 1 aliphatic heterocycles. The van der Waals surface area contributed by atoms with Gasteiger partial charge in [0.2, 0.25) is 0 Å². The lowest BCUT2D eigenvalue weighted by Crippen LogP contribution is -2.39. The fourth-order valence-electron chi connectivity index (χ4n) is 3.75. The molecule has 4 rings (SSSR count). The van der Waals surface area contributed by atoms with Crippen LogP contribution in [-0.4, -0.2) is 30.4 Å². The number of aliphatic hydroxyl groups is 1. The summed E-state index contributed by atoms with van der Waals surface area (Å²) in [6, 6.07) is 27.1. The van der Waals surface area contributed by atoms with Crippen LogP contribution in [0.3, 0.4) is 0 Å². The van der Waals surface area contributed by atoms with E-state index >= 15 is 0 Å². The summed E-state index contributed by atoms with van der Waals surface area (Å²) in [6.07, 6.45) is 0.498. The summed E-state index contributed by atoms with van der Waals surface area (Å²) in [5.74, 6) is 0.781. The van der Waals surface area contributed by atoms with Crippen molar-refractivity contribution in [1.82, 2.24) is 0 Å². The lowest BCUT2D eigenvalue weighted by Gasteiger charge is -2.27. The van der Waals surface area contributed by atoms with Crippen molar-refractivity contribution in [2.75, 3.05) is 18.1 Å².